The minimum atomic E-state index is -1.34. The van der Waals surface area contributed by atoms with Crippen LogP contribution in [0.2, 0.25) is 0 Å². The number of aliphatic hydroxyl groups excluding tert-OH is 2. The first-order chi connectivity index (χ1) is 10.8. The van der Waals surface area contributed by atoms with Crippen molar-refractivity contribution in [1.82, 2.24) is 0 Å². The molecule has 130 valence electrons. The Balaban J connectivity index is 1.69. The van der Waals surface area contributed by atoms with Gasteiger partial charge in [0.05, 0.1) is 12.2 Å². The van der Waals surface area contributed by atoms with Crippen LogP contribution in [0.3, 0.4) is 0 Å². The number of fused-ring (bicyclic) bond motifs is 5. The van der Waals surface area contributed by atoms with Gasteiger partial charge in [-0.2, -0.15) is 0 Å². The number of carbonyl (C=O) groups excluding carboxylic acids is 1. The molecule has 0 aliphatic heterocycles. The number of halogens is 1. The van der Waals surface area contributed by atoms with E-state index in [1.807, 2.05) is 6.92 Å². The largest absolute Gasteiger partial charge is 0.393 e. The SMILES string of the molecule is C[C@]12CC[C@@H](O)C[C@@H]1C[C@@H](O)[C@@H]1[C@@H]2CC[C@]2(C)C(=O)[C@H](F)C[C@@H]12. The average molecular weight is 324 g/mol. The van der Waals surface area contributed by atoms with Crippen LogP contribution in [0.4, 0.5) is 4.39 Å². The lowest BCUT2D eigenvalue weighted by Gasteiger charge is -2.61. The highest BCUT2D eigenvalue weighted by molar-refractivity contribution is 5.91. The average Bonchev–Trinajstić information content (AvgIpc) is 2.73. The van der Waals surface area contributed by atoms with Gasteiger partial charge in [0.2, 0.25) is 0 Å². The molecular formula is C19H29FO3. The second-order valence-electron chi connectivity index (χ2n) is 9.25. The predicted molar refractivity (Wildman–Crippen MR) is 84.4 cm³/mol. The Labute approximate surface area is 137 Å². The summed E-state index contributed by atoms with van der Waals surface area (Å²) in [5.74, 6) is 0.530. The Bertz CT molecular complexity index is 523. The van der Waals surface area contributed by atoms with Gasteiger partial charge in [0.15, 0.2) is 12.0 Å². The molecule has 0 radical (unpaired) electrons. The first kappa shape index (κ1) is 16.0. The molecule has 23 heavy (non-hydrogen) atoms. The first-order valence-corrected chi connectivity index (χ1v) is 9.32. The molecule has 3 nitrogen and oxygen atoms in total. The Morgan fingerprint density at radius 3 is 2.52 bits per heavy atom. The van der Waals surface area contributed by atoms with Gasteiger partial charge in [-0.05, 0) is 74.0 Å². The second kappa shape index (κ2) is 5.01. The number of aliphatic hydroxyl groups is 2. The summed E-state index contributed by atoms with van der Waals surface area (Å²) in [6.07, 6.45) is 3.25. The molecule has 4 fully saturated rings. The molecule has 0 bridgehead atoms. The van der Waals surface area contributed by atoms with E-state index >= 15 is 0 Å². The minimum Gasteiger partial charge on any atom is -0.393 e. The van der Waals surface area contributed by atoms with Gasteiger partial charge in [-0.1, -0.05) is 13.8 Å². The Morgan fingerprint density at radius 2 is 1.78 bits per heavy atom. The van der Waals surface area contributed by atoms with Crippen molar-refractivity contribution in [3.05, 3.63) is 0 Å². The maximum absolute atomic E-state index is 14.2. The summed E-state index contributed by atoms with van der Waals surface area (Å²) in [6, 6.07) is 0. The summed E-state index contributed by atoms with van der Waals surface area (Å²) in [5, 5.41) is 20.9. The standard InChI is InChI=1S/C19H29FO3/c1-18-5-3-11(21)7-10(18)8-15(22)16-12(18)4-6-19(2)13(16)9-14(20)17(19)23/h10-16,21-22H,3-9H2,1-2H3/t10-,11-,12+,13+,14-,15-,16-,18+,19+/m1/s1. The summed E-state index contributed by atoms with van der Waals surface area (Å²) in [4.78, 5) is 12.4. The second-order valence-corrected chi connectivity index (χ2v) is 9.25. The molecule has 0 aromatic carbocycles. The van der Waals surface area contributed by atoms with Crippen LogP contribution in [0.15, 0.2) is 0 Å². The molecule has 0 saturated heterocycles. The van der Waals surface area contributed by atoms with E-state index in [1.54, 1.807) is 0 Å². The molecular weight excluding hydrogens is 295 g/mol. The summed E-state index contributed by atoms with van der Waals surface area (Å²) in [6.45, 7) is 4.25. The zero-order valence-corrected chi connectivity index (χ0v) is 14.2. The predicted octanol–water partition coefficient (Wildman–Crippen LogP) is 2.88. The van der Waals surface area contributed by atoms with Gasteiger partial charge in [0.1, 0.15) is 0 Å². The maximum Gasteiger partial charge on any atom is 0.173 e. The summed E-state index contributed by atoms with van der Waals surface area (Å²) < 4.78 is 14.2. The fourth-order valence-electron chi connectivity index (χ4n) is 6.95. The van der Waals surface area contributed by atoms with E-state index in [1.165, 1.54) is 0 Å². The van der Waals surface area contributed by atoms with Crippen LogP contribution in [0.5, 0.6) is 0 Å². The van der Waals surface area contributed by atoms with Gasteiger partial charge in [0.25, 0.3) is 0 Å². The maximum atomic E-state index is 14.2. The smallest absolute Gasteiger partial charge is 0.173 e. The fraction of sp³-hybridized carbons (Fsp3) is 0.947. The van der Waals surface area contributed by atoms with E-state index < -0.39 is 17.7 Å². The van der Waals surface area contributed by atoms with Crippen molar-refractivity contribution < 1.29 is 19.4 Å². The molecule has 9 atom stereocenters. The van der Waals surface area contributed by atoms with Crippen LogP contribution >= 0.6 is 0 Å². The highest BCUT2D eigenvalue weighted by atomic mass is 19.1. The van der Waals surface area contributed by atoms with Gasteiger partial charge in [-0.25, -0.2) is 4.39 Å². The number of carbonyl (C=O) groups is 1. The molecule has 0 unspecified atom stereocenters. The first-order valence-electron chi connectivity index (χ1n) is 9.32. The number of hydrogen-bond donors (Lipinski definition) is 2. The van der Waals surface area contributed by atoms with Crippen molar-refractivity contribution in [3.63, 3.8) is 0 Å². The third kappa shape index (κ3) is 2.03. The topological polar surface area (TPSA) is 57.5 Å². The van der Waals surface area contributed by atoms with E-state index in [9.17, 15) is 19.4 Å². The molecule has 0 spiro atoms. The van der Waals surface area contributed by atoms with Gasteiger partial charge >= 0.3 is 0 Å². The third-order valence-electron chi connectivity index (χ3n) is 8.35. The zero-order valence-electron chi connectivity index (χ0n) is 14.2. The Morgan fingerprint density at radius 1 is 1.04 bits per heavy atom. The summed E-state index contributed by atoms with van der Waals surface area (Å²) >= 11 is 0. The van der Waals surface area contributed by atoms with E-state index in [2.05, 4.69) is 6.92 Å². The van der Waals surface area contributed by atoms with Crippen molar-refractivity contribution in [2.24, 2.45) is 34.5 Å². The molecule has 4 saturated carbocycles. The van der Waals surface area contributed by atoms with Crippen LogP contribution in [0, 0.1) is 34.5 Å². The van der Waals surface area contributed by atoms with E-state index in [0.717, 1.165) is 32.1 Å². The number of alkyl halides is 1. The molecule has 4 rings (SSSR count). The fourth-order valence-corrected chi connectivity index (χ4v) is 6.95. The lowest BCUT2D eigenvalue weighted by molar-refractivity contribution is -0.171. The highest BCUT2D eigenvalue weighted by Gasteiger charge is 2.64. The van der Waals surface area contributed by atoms with Crippen LogP contribution in [0.1, 0.15) is 58.8 Å². The molecule has 0 aromatic rings. The monoisotopic (exact) mass is 324 g/mol. The number of hydrogen-bond acceptors (Lipinski definition) is 3. The van der Waals surface area contributed by atoms with Crippen molar-refractivity contribution in [1.29, 1.82) is 0 Å². The van der Waals surface area contributed by atoms with Crippen molar-refractivity contribution >= 4 is 5.78 Å². The van der Waals surface area contributed by atoms with E-state index in [-0.39, 0.29) is 29.1 Å². The molecule has 4 heteroatoms. The van der Waals surface area contributed by atoms with Crippen molar-refractivity contribution in [2.45, 2.75) is 77.2 Å². The third-order valence-corrected chi connectivity index (χ3v) is 8.35. The van der Waals surface area contributed by atoms with Gasteiger partial charge in [-0.15, -0.1) is 0 Å². The van der Waals surface area contributed by atoms with Gasteiger partial charge in [-0.3, -0.25) is 4.79 Å². The number of rotatable bonds is 0. The lowest BCUT2D eigenvalue weighted by Crippen LogP contribution is -2.58. The molecule has 0 aromatic heterocycles. The zero-order chi connectivity index (χ0) is 16.6. The van der Waals surface area contributed by atoms with Crippen LogP contribution < -0.4 is 0 Å². The van der Waals surface area contributed by atoms with Gasteiger partial charge < -0.3 is 10.2 Å². The number of Topliss-reactive ketones (excluding diaryl/α,β-unsaturated/α-hetero) is 1. The lowest BCUT2D eigenvalue weighted by atomic mass is 9.44. The molecule has 0 amide bonds. The Hall–Kier alpha value is -0.480. The van der Waals surface area contributed by atoms with Crippen molar-refractivity contribution in [2.75, 3.05) is 0 Å². The highest BCUT2D eigenvalue weighted by Crippen LogP contribution is 2.65. The van der Waals surface area contributed by atoms with E-state index in [0.29, 0.717) is 24.7 Å². The van der Waals surface area contributed by atoms with Crippen molar-refractivity contribution in [3.8, 4) is 0 Å². The Kier molecular flexibility index (Phi) is 3.49. The van der Waals surface area contributed by atoms with E-state index in [4.69, 9.17) is 0 Å². The van der Waals surface area contributed by atoms with Crippen LogP contribution in [-0.4, -0.2) is 34.4 Å². The van der Waals surface area contributed by atoms with Crippen LogP contribution in [-0.2, 0) is 4.79 Å². The molecule has 2 N–H and O–H groups in total. The molecule has 0 heterocycles. The van der Waals surface area contributed by atoms with Crippen LogP contribution in [0.25, 0.3) is 0 Å². The molecule has 4 aliphatic carbocycles. The quantitative estimate of drug-likeness (QED) is 0.720. The van der Waals surface area contributed by atoms with Gasteiger partial charge in [0, 0.05) is 5.41 Å². The minimum absolute atomic E-state index is 0.0108. The normalized spacial score (nSPS) is 59.2. The molecule has 4 aliphatic rings. The number of ketones is 1. The summed E-state index contributed by atoms with van der Waals surface area (Å²) in [7, 11) is 0. The summed E-state index contributed by atoms with van der Waals surface area (Å²) in [5.41, 5.74) is -0.444.